The predicted octanol–water partition coefficient (Wildman–Crippen LogP) is 1.05. The molecule has 0 aromatic heterocycles. The highest BCUT2D eigenvalue weighted by Crippen LogP contribution is 1.95. The number of carbonyl (C=O) groups excluding carboxylic acids is 1. The fraction of sp³-hybridized carbons (Fsp3) is 0.667. The molecule has 0 fully saturated rings. The summed E-state index contributed by atoms with van der Waals surface area (Å²) in [4.78, 5) is 10.4. The minimum absolute atomic E-state index is 0.316. The van der Waals surface area contributed by atoms with E-state index >= 15 is 0 Å². The van der Waals surface area contributed by atoms with Crippen molar-refractivity contribution < 1.29 is 4.79 Å². The summed E-state index contributed by atoms with van der Waals surface area (Å²) in [5.74, 6) is -0.316. The van der Waals surface area contributed by atoms with Gasteiger partial charge in [-0.05, 0) is 27.4 Å². The summed E-state index contributed by atoms with van der Waals surface area (Å²) in [5, 5.41) is 2.75. The van der Waals surface area contributed by atoms with E-state index in [4.69, 9.17) is 5.73 Å². The van der Waals surface area contributed by atoms with Crippen molar-refractivity contribution in [2.75, 3.05) is 14.1 Å². The predicted molar refractivity (Wildman–Crippen MR) is 52.8 cm³/mol. The van der Waals surface area contributed by atoms with E-state index in [0.29, 0.717) is 5.57 Å². The second-order valence-electron chi connectivity index (χ2n) is 2.54. The molecule has 0 saturated heterocycles. The van der Waals surface area contributed by atoms with Gasteiger partial charge in [0.15, 0.2) is 0 Å². The van der Waals surface area contributed by atoms with Crippen LogP contribution in [-0.4, -0.2) is 20.0 Å². The van der Waals surface area contributed by atoms with E-state index in [9.17, 15) is 4.79 Å². The smallest absolute Gasteiger partial charge is 0.244 e. The molecule has 0 aliphatic carbocycles. The maximum Gasteiger partial charge on any atom is 0.244 e. The first-order valence-corrected chi connectivity index (χ1v) is 4.15. The van der Waals surface area contributed by atoms with Crippen LogP contribution in [0.3, 0.4) is 0 Å². The number of rotatable bonds is 3. The molecule has 3 N–H and O–H groups in total. The Labute approximate surface area is 75.0 Å². The van der Waals surface area contributed by atoms with Crippen LogP contribution in [0, 0.1) is 0 Å². The molecular weight excluding hydrogens is 152 g/mol. The summed E-state index contributed by atoms with van der Waals surface area (Å²) in [6, 6.07) is 0. The lowest BCUT2D eigenvalue weighted by molar-refractivity contribution is -0.114. The molecule has 0 aromatic carbocycles. The van der Waals surface area contributed by atoms with Crippen LogP contribution in [0.15, 0.2) is 11.6 Å². The zero-order valence-electron chi connectivity index (χ0n) is 8.48. The largest absolute Gasteiger partial charge is 0.366 e. The molecule has 0 heterocycles. The van der Waals surface area contributed by atoms with Gasteiger partial charge in [0.05, 0.1) is 0 Å². The van der Waals surface area contributed by atoms with Gasteiger partial charge in [-0.25, -0.2) is 0 Å². The number of nitrogens with one attached hydrogen (secondary N) is 1. The number of nitrogens with two attached hydrogens (primary N) is 1. The number of allylic oxidation sites excluding steroid dienone is 1. The quantitative estimate of drug-likeness (QED) is 0.625. The molecule has 0 radical (unpaired) electrons. The van der Waals surface area contributed by atoms with Gasteiger partial charge in [0.1, 0.15) is 0 Å². The van der Waals surface area contributed by atoms with E-state index in [0.717, 1.165) is 12.8 Å². The average molecular weight is 172 g/mol. The van der Waals surface area contributed by atoms with Crippen molar-refractivity contribution in [1.29, 1.82) is 0 Å². The van der Waals surface area contributed by atoms with Crippen molar-refractivity contribution in [3.8, 4) is 0 Å². The zero-order chi connectivity index (χ0) is 9.98. The topological polar surface area (TPSA) is 55.1 Å². The third kappa shape index (κ3) is 11.9. The molecule has 12 heavy (non-hydrogen) atoms. The van der Waals surface area contributed by atoms with E-state index in [1.165, 1.54) is 0 Å². The maximum atomic E-state index is 10.4. The number of primary amides is 1. The van der Waals surface area contributed by atoms with Crippen LogP contribution < -0.4 is 11.1 Å². The van der Waals surface area contributed by atoms with Gasteiger partial charge < -0.3 is 11.1 Å². The van der Waals surface area contributed by atoms with E-state index in [2.05, 4.69) is 12.2 Å². The first-order valence-electron chi connectivity index (χ1n) is 4.15. The molecule has 72 valence electrons. The normalized spacial score (nSPS) is 10.2. The Morgan fingerprint density at radius 1 is 1.50 bits per heavy atom. The lowest BCUT2D eigenvalue weighted by atomic mass is 10.2. The maximum absolute atomic E-state index is 10.4. The monoisotopic (exact) mass is 172 g/mol. The highest BCUT2D eigenvalue weighted by Gasteiger charge is 1.93. The van der Waals surface area contributed by atoms with Crippen molar-refractivity contribution in [2.24, 2.45) is 5.73 Å². The molecule has 0 saturated carbocycles. The molecule has 0 atom stereocenters. The van der Waals surface area contributed by atoms with Crippen LogP contribution in [-0.2, 0) is 4.79 Å². The highest BCUT2D eigenvalue weighted by atomic mass is 16.1. The summed E-state index contributed by atoms with van der Waals surface area (Å²) < 4.78 is 0. The molecule has 0 aliphatic rings. The second kappa shape index (κ2) is 10.2. The molecule has 0 rings (SSSR count). The Hall–Kier alpha value is -0.830. The Morgan fingerprint density at radius 2 is 1.92 bits per heavy atom. The van der Waals surface area contributed by atoms with Gasteiger partial charge in [-0.3, -0.25) is 4.79 Å². The van der Waals surface area contributed by atoms with Gasteiger partial charge in [-0.15, -0.1) is 0 Å². The lowest BCUT2D eigenvalue weighted by Crippen LogP contribution is -2.11. The van der Waals surface area contributed by atoms with Crippen LogP contribution in [0.1, 0.15) is 26.7 Å². The van der Waals surface area contributed by atoms with E-state index < -0.39 is 0 Å². The molecular formula is C9H20N2O. The van der Waals surface area contributed by atoms with Gasteiger partial charge >= 0.3 is 0 Å². The number of amides is 1. The summed E-state index contributed by atoms with van der Waals surface area (Å²) in [5.41, 5.74) is 5.63. The van der Waals surface area contributed by atoms with Crippen LogP contribution >= 0.6 is 0 Å². The molecule has 3 nitrogen and oxygen atoms in total. The number of hydrogen-bond donors (Lipinski definition) is 2. The molecule has 1 amide bonds. The van der Waals surface area contributed by atoms with Gasteiger partial charge in [0.2, 0.25) is 5.91 Å². The van der Waals surface area contributed by atoms with Crippen molar-refractivity contribution >= 4 is 5.91 Å². The van der Waals surface area contributed by atoms with Gasteiger partial charge in [-0.2, -0.15) is 0 Å². The first kappa shape index (κ1) is 13.7. The van der Waals surface area contributed by atoms with E-state index in [-0.39, 0.29) is 5.91 Å². The Bertz CT molecular complexity index is 141. The fourth-order valence-electron chi connectivity index (χ4n) is 0.461. The van der Waals surface area contributed by atoms with Crippen LogP contribution in [0.25, 0.3) is 0 Å². The Balaban J connectivity index is 0. The van der Waals surface area contributed by atoms with Crippen LogP contribution in [0.4, 0.5) is 0 Å². The zero-order valence-corrected chi connectivity index (χ0v) is 8.48. The lowest BCUT2D eigenvalue weighted by Gasteiger charge is -1.90. The number of hydrogen-bond acceptors (Lipinski definition) is 2. The molecule has 3 heteroatoms. The van der Waals surface area contributed by atoms with Crippen molar-refractivity contribution in [3.63, 3.8) is 0 Å². The van der Waals surface area contributed by atoms with Gasteiger partial charge in [0, 0.05) is 5.57 Å². The first-order chi connectivity index (χ1) is 5.59. The van der Waals surface area contributed by atoms with Crippen molar-refractivity contribution in [1.82, 2.24) is 5.32 Å². The van der Waals surface area contributed by atoms with E-state index in [1.54, 1.807) is 6.92 Å². The number of carbonyl (C=O) groups is 1. The highest BCUT2D eigenvalue weighted by molar-refractivity contribution is 5.91. The van der Waals surface area contributed by atoms with Crippen LogP contribution in [0.5, 0.6) is 0 Å². The van der Waals surface area contributed by atoms with E-state index in [1.807, 2.05) is 20.2 Å². The molecule has 0 spiro atoms. The van der Waals surface area contributed by atoms with Gasteiger partial charge in [-0.1, -0.05) is 19.4 Å². The molecule has 0 unspecified atom stereocenters. The Kier molecular flexibility index (Phi) is 11.6. The standard InChI is InChI=1S/C7H13NO.C2H7N/c1-3-4-5-6(2)7(8)9;1-3-2/h5H,3-4H2,1-2H3,(H2,8,9);3H,1-2H3. The second-order valence-corrected chi connectivity index (χ2v) is 2.54. The average Bonchev–Trinajstić information content (AvgIpc) is 2.01. The molecule has 0 aliphatic heterocycles. The van der Waals surface area contributed by atoms with Crippen molar-refractivity contribution in [2.45, 2.75) is 26.7 Å². The fourth-order valence-corrected chi connectivity index (χ4v) is 0.461. The third-order valence-electron chi connectivity index (χ3n) is 1.13. The SMILES string of the molecule is CCCC=C(C)C(N)=O.CNC. The number of unbranched alkanes of at least 4 members (excludes halogenated alkanes) is 1. The third-order valence-corrected chi connectivity index (χ3v) is 1.13. The summed E-state index contributed by atoms with van der Waals surface area (Å²) in [7, 11) is 3.75. The minimum atomic E-state index is -0.316. The van der Waals surface area contributed by atoms with Gasteiger partial charge in [0.25, 0.3) is 0 Å². The van der Waals surface area contributed by atoms with Crippen molar-refractivity contribution in [3.05, 3.63) is 11.6 Å². The summed E-state index contributed by atoms with van der Waals surface area (Å²) >= 11 is 0. The Morgan fingerprint density at radius 3 is 2.17 bits per heavy atom. The van der Waals surface area contributed by atoms with Crippen LogP contribution in [0.2, 0.25) is 0 Å². The molecule has 0 bridgehead atoms. The molecule has 0 aromatic rings. The summed E-state index contributed by atoms with van der Waals surface area (Å²) in [6.45, 7) is 3.79. The summed E-state index contributed by atoms with van der Waals surface area (Å²) in [6.07, 6.45) is 3.86. The minimum Gasteiger partial charge on any atom is -0.366 e.